The fraction of sp³-hybridized carbons (Fsp3) is 0.200. The first-order valence-corrected chi connectivity index (χ1v) is 6.88. The van der Waals surface area contributed by atoms with E-state index in [2.05, 4.69) is 20.6 Å². The maximum Gasteiger partial charge on any atom is 0.256 e. The number of pyridine rings is 1. The van der Waals surface area contributed by atoms with E-state index in [4.69, 9.17) is 4.52 Å². The molecule has 7 nitrogen and oxygen atoms in total. The van der Waals surface area contributed by atoms with Crippen LogP contribution in [0, 0.1) is 6.92 Å². The van der Waals surface area contributed by atoms with Gasteiger partial charge in [0.05, 0.1) is 18.4 Å². The summed E-state index contributed by atoms with van der Waals surface area (Å²) in [4.78, 5) is 16.1. The molecule has 1 N–H and O–H groups in total. The highest BCUT2D eigenvalue weighted by molar-refractivity contribution is 5.94. The van der Waals surface area contributed by atoms with Crippen molar-refractivity contribution in [3.05, 3.63) is 54.2 Å². The van der Waals surface area contributed by atoms with E-state index in [9.17, 15) is 4.79 Å². The number of hydrogen-bond acceptors (Lipinski definition) is 5. The molecule has 0 saturated heterocycles. The zero-order valence-corrected chi connectivity index (χ0v) is 12.1. The molecule has 3 aromatic rings. The van der Waals surface area contributed by atoms with E-state index in [0.29, 0.717) is 24.4 Å². The molecule has 0 fully saturated rings. The van der Waals surface area contributed by atoms with Gasteiger partial charge in [-0.1, -0.05) is 11.2 Å². The lowest BCUT2D eigenvalue weighted by atomic mass is 10.2. The fourth-order valence-electron chi connectivity index (χ4n) is 2.03. The smallest absolute Gasteiger partial charge is 0.256 e. The Morgan fingerprint density at radius 3 is 2.95 bits per heavy atom. The van der Waals surface area contributed by atoms with Crippen molar-refractivity contribution >= 4 is 5.91 Å². The molecular weight excluding hydrogens is 282 g/mol. The maximum absolute atomic E-state index is 11.9. The van der Waals surface area contributed by atoms with E-state index in [0.717, 1.165) is 11.4 Å². The van der Waals surface area contributed by atoms with Crippen molar-refractivity contribution < 1.29 is 9.32 Å². The van der Waals surface area contributed by atoms with Crippen LogP contribution in [0.5, 0.6) is 0 Å². The molecule has 0 aliphatic heterocycles. The average molecular weight is 297 g/mol. The second kappa shape index (κ2) is 6.21. The summed E-state index contributed by atoms with van der Waals surface area (Å²) >= 11 is 0. The lowest BCUT2D eigenvalue weighted by molar-refractivity contribution is 0.0950. The van der Waals surface area contributed by atoms with Crippen LogP contribution in [-0.2, 0) is 6.54 Å². The Morgan fingerprint density at radius 1 is 1.32 bits per heavy atom. The van der Waals surface area contributed by atoms with Gasteiger partial charge >= 0.3 is 0 Å². The third-order valence-electron chi connectivity index (χ3n) is 3.19. The minimum absolute atomic E-state index is 0.198. The number of nitrogens with one attached hydrogen (secondary N) is 1. The van der Waals surface area contributed by atoms with Crippen LogP contribution in [-0.4, -0.2) is 32.4 Å². The first kappa shape index (κ1) is 14.0. The number of aryl methyl sites for hydroxylation is 1. The predicted octanol–water partition coefficient (Wildman–Crippen LogP) is 1.67. The van der Waals surface area contributed by atoms with Gasteiger partial charge in [0, 0.05) is 18.9 Å². The minimum atomic E-state index is -0.198. The summed E-state index contributed by atoms with van der Waals surface area (Å²) in [6.45, 7) is 2.74. The molecule has 0 aliphatic carbocycles. The van der Waals surface area contributed by atoms with Gasteiger partial charge in [0.25, 0.3) is 5.91 Å². The van der Waals surface area contributed by atoms with Gasteiger partial charge in [-0.15, -0.1) is 0 Å². The van der Waals surface area contributed by atoms with Gasteiger partial charge in [-0.25, -0.2) is 0 Å². The van der Waals surface area contributed by atoms with Gasteiger partial charge in [-0.2, -0.15) is 5.10 Å². The highest BCUT2D eigenvalue weighted by atomic mass is 16.5. The SMILES string of the molecule is Cc1oncc1C(=O)NCCn1ccc(-c2ccccn2)n1. The van der Waals surface area contributed by atoms with Gasteiger partial charge in [0.15, 0.2) is 0 Å². The lowest BCUT2D eigenvalue weighted by Gasteiger charge is -2.04. The molecule has 0 atom stereocenters. The normalized spacial score (nSPS) is 10.6. The average Bonchev–Trinajstić information content (AvgIpc) is 3.17. The van der Waals surface area contributed by atoms with Crippen LogP contribution >= 0.6 is 0 Å². The van der Waals surface area contributed by atoms with Crippen molar-refractivity contribution in [2.75, 3.05) is 6.54 Å². The quantitative estimate of drug-likeness (QED) is 0.774. The zero-order valence-electron chi connectivity index (χ0n) is 12.1. The predicted molar refractivity (Wildman–Crippen MR) is 79.0 cm³/mol. The Bertz CT molecular complexity index is 763. The van der Waals surface area contributed by atoms with E-state index in [1.54, 1.807) is 17.8 Å². The second-order valence-electron chi connectivity index (χ2n) is 4.73. The van der Waals surface area contributed by atoms with Crippen LogP contribution in [0.3, 0.4) is 0 Å². The van der Waals surface area contributed by atoms with Gasteiger partial charge in [-0.3, -0.25) is 14.5 Å². The third kappa shape index (κ3) is 3.03. The third-order valence-corrected chi connectivity index (χ3v) is 3.19. The van der Waals surface area contributed by atoms with Crippen LogP contribution < -0.4 is 5.32 Å². The van der Waals surface area contributed by atoms with Gasteiger partial charge < -0.3 is 9.84 Å². The van der Waals surface area contributed by atoms with Crippen molar-refractivity contribution in [2.45, 2.75) is 13.5 Å². The Hall–Kier alpha value is -2.96. The molecule has 0 aromatic carbocycles. The highest BCUT2D eigenvalue weighted by Gasteiger charge is 2.12. The Balaban J connectivity index is 1.56. The van der Waals surface area contributed by atoms with Crippen LogP contribution in [0.1, 0.15) is 16.1 Å². The first-order valence-electron chi connectivity index (χ1n) is 6.88. The zero-order chi connectivity index (χ0) is 15.4. The van der Waals surface area contributed by atoms with E-state index in [1.165, 1.54) is 6.20 Å². The van der Waals surface area contributed by atoms with E-state index < -0.39 is 0 Å². The van der Waals surface area contributed by atoms with Crippen molar-refractivity contribution in [1.29, 1.82) is 0 Å². The molecule has 22 heavy (non-hydrogen) atoms. The molecule has 0 bridgehead atoms. The summed E-state index contributed by atoms with van der Waals surface area (Å²) in [6, 6.07) is 7.59. The van der Waals surface area contributed by atoms with Crippen molar-refractivity contribution in [3.63, 3.8) is 0 Å². The van der Waals surface area contributed by atoms with Crippen molar-refractivity contribution in [2.24, 2.45) is 0 Å². The summed E-state index contributed by atoms with van der Waals surface area (Å²) in [5.41, 5.74) is 2.09. The van der Waals surface area contributed by atoms with E-state index in [-0.39, 0.29) is 5.91 Å². The lowest BCUT2D eigenvalue weighted by Crippen LogP contribution is -2.27. The second-order valence-corrected chi connectivity index (χ2v) is 4.73. The Labute approximate surface area is 127 Å². The van der Waals surface area contributed by atoms with Crippen LogP contribution in [0.2, 0.25) is 0 Å². The van der Waals surface area contributed by atoms with Gasteiger partial charge in [0.2, 0.25) is 0 Å². The number of hydrogen-bond donors (Lipinski definition) is 1. The number of carbonyl (C=O) groups excluding carboxylic acids is 1. The summed E-state index contributed by atoms with van der Waals surface area (Å²) in [7, 11) is 0. The molecular formula is C15H15N5O2. The van der Waals surface area contributed by atoms with Crippen LogP contribution in [0.25, 0.3) is 11.4 Å². The molecule has 0 aliphatic rings. The molecule has 3 rings (SSSR count). The van der Waals surface area contributed by atoms with Crippen molar-refractivity contribution in [3.8, 4) is 11.4 Å². The van der Waals surface area contributed by atoms with Gasteiger partial charge in [-0.05, 0) is 25.1 Å². The molecule has 0 radical (unpaired) electrons. The largest absolute Gasteiger partial charge is 0.361 e. The van der Waals surface area contributed by atoms with E-state index >= 15 is 0 Å². The minimum Gasteiger partial charge on any atom is -0.361 e. The van der Waals surface area contributed by atoms with Gasteiger partial charge in [0.1, 0.15) is 17.0 Å². The Kier molecular flexibility index (Phi) is 3.95. The summed E-state index contributed by atoms with van der Waals surface area (Å²) in [6.07, 6.45) is 5.01. The number of amides is 1. The van der Waals surface area contributed by atoms with E-state index in [1.807, 2.05) is 30.5 Å². The molecule has 7 heteroatoms. The maximum atomic E-state index is 11.9. The standard InChI is InChI=1S/C15H15N5O2/c1-11-12(10-18-22-11)15(21)17-7-9-20-8-5-14(19-20)13-4-2-3-6-16-13/h2-6,8,10H,7,9H2,1H3,(H,17,21). The molecule has 3 aromatic heterocycles. The monoisotopic (exact) mass is 297 g/mol. The summed E-state index contributed by atoms with van der Waals surface area (Å²) < 4.78 is 6.64. The highest BCUT2D eigenvalue weighted by Crippen LogP contribution is 2.12. The number of rotatable bonds is 5. The molecule has 0 spiro atoms. The molecule has 0 unspecified atom stereocenters. The first-order chi connectivity index (χ1) is 10.7. The van der Waals surface area contributed by atoms with Crippen LogP contribution in [0.4, 0.5) is 0 Å². The number of carbonyl (C=O) groups is 1. The molecule has 0 saturated carbocycles. The summed E-state index contributed by atoms with van der Waals surface area (Å²) in [5.74, 6) is 0.310. The number of aromatic nitrogens is 4. The van der Waals surface area contributed by atoms with Crippen molar-refractivity contribution in [1.82, 2.24) is 25.2 Å². The van der Waals surface area contributed by atoms with Crippen LogP contribution in [0.15, 0.2) is 47.4 Å². The topological polar surface area (TPSA) is 85.8 Å². The summed E-state index contributed by atoms with van der Waals surface area (Å²) in [5, 5.41) is 10.8. The molecule has 112 valence electrons. The number of nitrogens with zero attached hydrogens (tertiary/aromatic N) is 4. The Morgan fingerprint density at radius 2 is 2.23 bits per heavy atom. The molecule has 3 heterocycles. The fourth-order valence-corrected chi connectivity index (χ4v) is 2.03. The molecule has 1 amide bonds.